The summed E-state index contributed by atoms with van der Waals surface area (Å²) in [4.78, 5) is 17.7. The number of carbonyl (C=O) groups excluding carboxylic acids is 1. The molecule has 8 nitrogen and oxygen atoms in total. The lowest BCUT2D eigenvalue weighted by atomic mass is 10.1. The molecule has 4 rings (SSSR count). The van der Waals surface area contributed by atoms with E-state index < -0.39 is 0 Å². The van der Waals surface area contributed by atoms with Gasteiger partial charge >= 0.3 is 6.03 Å². The SMILES string of the molecule is CN(C)C(=O)Nc1ccc(Cl)c(-c2nc(Cc3ccc4cn[nH]c4c3)no2)c1. The first-order valence-corrected chi connectivity index (χ1v) is 8.90. The number of amides is 2. The number of H-pyrrole nitrogens is 1. The number of halogens is 1. The van der Waals surface area contributed by atoms with Crippen LogP contribution in [0.15, 0.2) is 47.1 Å². The van der Waals surface area contributed by atoms with Crippen molar-refractivity contribution < 1.29 is 9.32 Å². The van der Waals surface area contributed by atoms with Gasteiger partial charge in [0, 0.05) is 31.6 Å². The van der Waals surface area contributed by atoms with Gasteiger partial charge in [-0.15, -0.1) is 0 Å². The molecule has 142 valence electrons. The van der Waals surface area contributed by atoms with E-state index in [0.717, 1.165) is 16.5 Å². The smallest absolute Gasteiger partial charge is 0.321 e. The molecule has 0 bridgehead atoms. The fraction of sp³-hybridized carbons (Fsp3) is 0.158. The molecule has 9 heteroatoms. The number of urea groups is 1. The maximum Gasteiger partial charge on any atom is 0.321 e. The summed E-state index contributed by atoms with van der Waals surface area (Å²) in [5.74, 6) is 0.830. The number of nitrogens with zero attached hydrogens (tertiary/aromatic N) is 4. The van der Waals surface area contributed by atoms with Crippen LogP contribution < -0.4 is 5.32 Å². The molecule has 0 spiro atoms. The molecule has 0 aliphatic carbocycles. The minimum atomic E-state index is -0.242. The molecule has 2 aromatic carbocycles. The molecule has 4 aromatic rings. The molecule has 0 atom stereocenters. The highest BCUT2D eigenvalue weighted by atomic mass is 35.5. The number of aromatic nitrogens is 4. The summed E-state index contributed by atoms with van der Waals surface area (Å²) in [6.45, 7) is 0. The van der Waals surface area contributed by atoms with Gasteiger partial charge in [-0.25, -0.2) is 4.79 Å². The molecular weight excluding hydrogens is 380 g/mol. The van der Waals surface area contributed by atoms with Gasteiger partial charge in [0.25, 0.3) is 5.89 Å². The molecule has 0 aliphatic heterocycles. The molecular formula is C19H17ClN6O2. The largest absolute Gasteiger partial charge is 0.334 e. The van der Waals surface area contributed by atoms with Gasteiger partial charge in [0.15, 0.2) is 5.82 Å². The second-order valence-corrected chi connectivity index (χ2v) is 6.91. The van der Waals surface area contributed by atoms with Crippen molar-refractivity contribution in [2.75, 3.05) is 19.4 Å². The van der Waals surface area contributed by atoms with Crippen LogP contribution in [0.4, 0.5) is 10.5 Å². The Morgan fingerprint density at radius 1 is 1.25 bits per heavy atom. The van der Waals surface area contributed by atoms with Gasteiger partial charge in [0.2, 0.25) is 0 Å². The summed E-state index contributed by atoms with van der Waals surface area (Å²) in [6, 6.07) is 10.8. The number of benzene rings is 2. The molecule has 0 unspecified atom stereocenters. The second-order valence-electron chi connectivity index (χ2n) is 6.50. The van der Waals surface area contributed by atoms with Gasteiger partial charge in [-0.2, -0.15) is 10.1 Å². The number of hydrogen-bond donors (Lipinski definition) is 2. The summed E-state index contributed by atoms with van der Waals surface area (Å²) in [5.41, 5.74) is 3.12. The van der Waals surface area contributed by atoms with Gasteiger partial charge in [0.05, 0.1) is 22.3 Å². The van der Waals surface area contributed by atoms with Gasteiger partial charge in [-0.1, -0.05) is 28.9 Å². The van der Waals surface area contributed by atoms with Gasteiger partial charge < -0.3 is 14.7 Å². The van der Waals surface area contributed by atoms with Crippen molar-refractivity contribution in [1.82, 2.24) is 25.2 Å². The van der Waals surface area contributed by atoms with Crippen molar-refractivity contribution >= 4 is 34.2 Å². The van der Waals surface area contributed by atoms with Crippen molar-refractivity contribution in [2.45, 2.75) is 6.42 Å². The summed E-state index contributed by atoms with van der Waals surface area (Å²) >= 11 is 6.29. The van der Waals surface area contributed by atoms with E-state index in [2.05, 4.69) is 25.7 Å². The Morgan fingerprint density at radius 2 is 2.11 bits per heavy atom. The molecule has 0 aliphatic rings. The summed E-state index contributed by atoms with van der Waals surface area (Å²) in [6.07, 6.45) is 2.28. The summed E-state index contributed by atoms with van der Waals surface area (Å²) < 4.78 is 5.39. The number of carbonyl (C=O) groups is 1. The molecule has 2 amide bonds. The lowest BCUT2D eigenvalue weighted by Crippen LogP contribution is -2.27. The fourth-order valence-electron chi connectivity index (χ4n) is 2.71. The second kappa shape index (κ2) is 7.32. The topological polar surface area (TPSA) is 99.9 Å². The minimum absolute atomic E-state index is 0.242. The average Bonchev–Trinajstić information content (AvgIpc) is 3.32. The maximum atomic E-state index is 11.8. The van der Waals surface area contributed by atoms with E-state index in [4.69, 9.17) is 16.1 Å². The third-order valence-corrected chi connectivity index (χ3v) is 4.52. The first kappa shape index (κ1) is 18.0. The Balaban J connectivity index is 1.57. The molecule has 28 heavy (non-hydrogen) atoms. The van der Waals surface area contributed by atoms with Crippen LogP contribution in [0, 0.1) is 0 Å². The third kappa shape index (κ3) is 3.67. The van der Waals surface area contributed by atoms with Crippen LogP contribution in [0.2, 0.25) is 5.02 Å². The van der Waals surface area contributed by atoms with Crippen molar-refractivity contribution in [2.24, 2.45) is 0 Å². The summed E-state index contributed by atoms with van der Waals surface area (Å²) in [7, 11) is 3.33. The monoisotopic (exact) mass is 396 g/mol. The van der Waals surface area contributed by atoms with Gasteiger partial charge in [-0.05, 0) is 29.8 Å². The quantitative estimate of drug-likeness (QED) is 0.544. The molecule has 2 N–H and O–H groups in total. The zero-order valence-corrected chi connectivity index (χ0v) is 16.0. The van der Waals surface area contributed by atoms with Crippen molar-refractivity contribution in [1.29, 1.82) is 0 Å². The van der Waals surface area contributed by atoms with Crippen LogP contribution in [-0.4, -0.2) is 45.4 Å². The van der Waals surface area contributed by atoms with E-state index in [-0.39, 0.29) is 6.03 Å². The molecule has 2 aromatic heterocycles. The van der Waals surface area contributed by atoms with Crippen LogP contribution in [-0.2, 0) is 6.42 Å². The Kier molecular flexibility index (Phi) is 4.70. The highest BCUT2D eigenvalue weighted by molar-refractivity contribution is 6.33. The predicted molar refractivity (Wildman–Crippen MR) is 106 cm³/mol. The molecule has 2 heterocycles. The fourth-order valence-corrected chi connectivity index (χ4v) is 2.91. The van der Waals surface area contributed by atoms with Crippen molar-refractivity contribution in [3.8, 4) is 11.5 Å². The van der Waals surface area contributed by atoms with Crippen LogP contribution >= 0.6 is 11.6 Å². The van der Waals surface area contributed by atoms with Gasteiger partial charge in [-0.3, -0.25) is 5.10 Å². The number of anilines is 1. The van der Waals surface area contributed by atoms with Crippen LogP contribution in [0.1, 0.15) is 11.4 Å². The molecule has 0 saturated carbocycles. The molecule has 0 fully saturated rings. The Hall–Kier alpha value is -3.39. The van der Waals surface area contributed by atoms with E-state index in [9.17, 15) is 4.79 Å². The zero-order valence-electron chi connectivity index (χ0n) is 15.2. The van der Waals surface area contributed by atoms with Gasteiger partial charge in [0.1, 0.15) is 0 Å². The van der Waals surface area contributed by atoms with E-state index in [1.165, 1.54) is 4.90 Å². The van der Waals surface area contributed by atoms with Crippen LogP contribution in [0.3, 0.4) is 0 Å². The number of nitrogens with one attached hydrogen (secondary N) is 2. The number of aromatic amines is 1. The molecule has 0 radical (unpaired) electrons. The van der Waals surface area contributed by atoms with E-state index >= 15 is 0 Å². The Morgan fingerprint density at radius 3 is 2.93 bits per heavy atom. The minimum Gasteiger partial charge on any atom is -0.334 e. The van der Waals surface area contributed by atoms with Crippen molar-refractivity contribution in [3.05, 3.63) is 59.0 Å². The molecule has 0 saturated heterocycles. The highest BCUT2D eigenvalue weighted by Gasteiger charge is 2.15. The normalized spacial score (nSPS) is 11.0. The Bertz CT molecular complexity index is 1150. The third-order valence-electron chi connectivity index (χ3n) is 4.19. The standard InChI is InChI=1S/C19H17ClN6O2/c1-26(2)19(27)22-13-5-6-15(20)14(9-13)18-23-17(25-28-18)8-11-3-4-12-10-21-24-16(12)7-11/h3-7,9-10H,8H2,1-2H3,(H,21,24)(H,22,27). The zero-order chi connectivity index (χ0) is 19.7. The van der Waals surface area contributed by atoms with E-state index in [1.807, 2.05) is 18.2 Å². The maximum absolute atomic E-state index is 11.8. The van der Waals surface area contributed by atoms with E-state index in [1.54, 1.807) is 38.5 Å². The lowest BCUT2D eigenvalue weighted by Gasteiger charge is -2.12. The average molecular weight is 397 g/mol. The highest BCUT2D eigenvalue weighted by Crippen LogP contribution is 2.30. The summed E-state index contributed by atoms with van der Waals surface area (Å²) in [5, 5.41) is 15.3. The van der Waals surface area contributed by atoms with Crippen LogP contribution in [0.25, 0.3) is 22.4 Å². The van der Waals surface area contributed by atoms with Crippen molar-refractivity contribution in [3.63, 3.8) is 0 Å². The van der Waals surface area contributed by atoms with E-state index in [0.29, 0.717) is 34.4 Å². The number of rotatable bonds is 4. The first-order valence-electron chi connectivity index (χ1n) is 8.52. The lowest BCUT2D eigenvalue weighted by molar-refractivity contribution is 0.230. The van der Waals surface area contributed by atoms with Crippen LogP contribution in [0.5, 0.6) is 0 Å². The Labute approximate surface area is 165 Å². The predicted octanol–water partition coefficient (Wildman–Crippen LogP) is 3.95. The number of hydrogen-bond acceptors (Lipinski definition) is 5. The first-order chi connectivity index (χ1) is 13.5. The number of fused-ring (bicyclic) bond motifs is 1.